The van der Waals surface area contributed by atoms with Gasteiger partial charge in [-0.25, -0.2) is 4.79 Å². The average Bonchev–Trinajstić information content (AvgIpc) is 3.09. The van der Waals surface area contributed by atoms with Crippen molar-refractivity contribution < 1.29 is 19.1 Å². The van der Waals surface area contributed by atoms with Gasteiger partial charge in [-0.05, 0) is 61.8 Å². The molecule has 0 spiro atoms. The van der Waals surface area contributed by atoms with Crippen molar-refractivity contribution in [1.29, 1.82) is 0 Å². The van der Waals surface area contributed by atoms with E-state index < -0.39 is 11.9 Å². The summed E-state index contributed by atoms with van der Waals surface area (Å²) in [4.78, 5) is 36.9. The quantitative estimate of drug-likeness (QED) is 0.597. The molecule has 2 aromatic carbocycles. The lowest BCUT2D eigenvalue weighted by molar-refractivity contribution is 0.0526. The van der Waals surface area contributed by atoms with Crippen LogP contribution in [-0.2, 0) is 4.74 Å². The summed E-state index contributed by atoms with van der Waals surface area (Å²) >= 11 is 1.05. The third kappa shape index (κ3) is 4.85. The Hall–Kier alpha value is -3.52. The fourth-order valence-corrected chi connectivity index (χ4v) is 3.37. The summed E-state index contributed by atoms with van der Waals surface area (Å²) < 4.78 is 9.13. The van der Waals surface area contributed by atoms with E-state index in [2.05, 4.69) is 15.0 Å². The second-order valence-electron chi connectivity index (χ2n) is 6.04. The van der Waals surface area contributed by atoms with Gasteiger partial charge in [0.25, 0.3) is 11.8 Å². The van der Waals surface area contributed by atoms with E-state index in [9.17, 15) is 14.4 Å². The minimum Gasteiger partial charge on any atom is -0.462 e. The first-order valence-corrected chi connectivity index (χ1v) is 9.68. The first kappa shape index (κ1) is 20.2. The summed E-state index contributed by atoms with van der Waals surface area (Å²) in [5.74, 6) is -1.14. The molecule has 148 valence electrons. The van der Waals surface area contributed by atoms with Crippen LogP contribution in [0.3, 0.4) is 0 Å². The SMILES string of the molecule is CCOC(=O)c1ccc(NC(=O)c2c(C)nsc2NC(=O)c2ccccc2)cc1. The lowest BCUT2D eigenvalue weighted by Crippen LogP contribution is -2.17. The molecule has 0 fully saturated rings. The Balaban J connectivity index is 1.74. The summed E-state index contributed by atoms with van der Waals surface area (Å²) in [6.07, 6.45) is 0. The molecule has 3 rings (SSSR count). The van der Waals surface area contributed by atoms with Gasteiger partial charge >= 0.3 is 5.97 Å². The number of nitrogens with zero attached hydrogens (tertiary/aromatic N) is 1. The van der Waals surface area contributed by atoms with Crippen molar-refractivity contribution in [2.45, 2.75) is 13.8 Å². The van der Waals surface area contributed by atoms with E-state index in [-0.39, 0.29) is 5.91 Å². The highest BCUT2D eigenvalue weighted by atomic mass is 32.1. The zero-order chi connectivity index (χ0) is 20.8. The molecular weight excluding hydrogens is 390 g/mol. The van der Waals surface area contributed by atoms with Gasteiger partial charge in [-0.15, -0.1) is 0 Å². The van der Waals surface area contributed by atoms with Gasteiger partial charge in [-0.3, -0.25) is 9.59 Å². The van der Waals surface area contributed by atoms with E-state index in [1.807, 2.05) is 6.07 Å². The molecule has 0 atom stereocenters. The van der Waals surface area contributed by atoms with Gasteiger partial charge in [0.2, 0.25) is 0 Å². The molecule has 2 amide bonds. The third-order valence-electron chi connectivity index (χ3n) is 4.01. The van der Waals surface area contributed by atoms with Crippen LogP contribution >= 0.6 is 11.5 Å². The predicted molar refractivity (Wildman–Crippen MR) is 112 cm³/mol. The molecule has 0 aliphatic carbocycles. The van der Waals surface area contributed by atoms with Crippen molar-refractivity contribution in [1.82, 2.24) is 4.37 Å². The van der Waals surface area contributed by atoms with Crippen molar-refractivity contribution in [2.75, 3.05) is 17.2 Å². The molecule has 0 unspecified atom stereocenters. The molecule has 2 N–H and O–H groups in total. The Morgan fingerprint density at radius 1 is 0.931 bits per heavy atom. The highest BCUT2D eigenvalue weighted by Crippen LogP contribution is 2.26. The molecule has 0 aliphatic rings. The van der Waals surface area contributed by atoms with Crippen LogP contribution in [0.4, 0.5) is 10.7 Å². The summed E-state index contributed by atoms with van der Waals surface area (Å²) in [5, 5.41) is 5.88. The lowest BCUT2D eigenvalue weighted by Gasteiger charge is -2.09. The Labute approximate surface area is 171 Å². The van der Waals surface area contributed by atoms with Gasteiger partial charge in [0.15, 0.2) is 0 Å². The van der Waals surface area contributed by atoms with Crippen LogP contribution in [0, 0.1) is 6.92 Å². The summed E-state index contributed by atoms with van der Waals surface area (Å²) in [6.45, 7) is 3.73. The maximum atomic E-state index is 12.8. The van der Waals surface area contributed by atoms with Gasteiger partial charge in [0.1, 0.15) is 5.00 Å². The predicted octanol–water partition coefficient (Wildman–Crippen LogP) is 4.13. The van der Waals surface area contributed by atoms with Crippen LogP contribution in [0.5, 0.6) is 0 Å². The molecule has 7 nitrogen and oxygen atoms in total. The normalized spacial score (nSPS) is 10.3. The topological polar surface area (TPSA) is 97.4 Å². The molecule has 0 radical (unpaired) electrons. The molecule has 0 bridgehead atoms. The number of nitrogens with one attached hydrogen (secondary N) is 2. The Morgan fingerprint density at radius 2 is 1.62 bits per heavy atom. The summed E-state index contributed by atoms with van der Waals surface area (Å²) in [7, 11) is 0. The number of amides is 2. The van der Waals surface area contributed by atoms with Crippen LogP contribution in [0.2, 0.25) is 0 Å². The zero-order valence-corrected chi connectivity index (χ0v) is 16.7. The molecular formula is C21H19N3O4S. The number of ether oxygens (including phenoxy) is 1. The van der Waals surface area contributed by atoms with Crippen molar-refractivity contribution in [3.8, 4) is 0 Å². The number of aromatic nitrogens is 1. The van der Waals surface area contributed by atoms with Crippen molar-refractivity contribution in [2.24, 2.45) is 0 Å². The molecule has 1 heterocycles. The van der Waals surface area contributed by atoms with Crippen LogP contribution in [0.25, 0.3) is 0 Å². The smallest absolute Gasteiger partial charge is 0.338 e. The van der Waals surface area contributed by atoms with Crippen molar-refractivity contribution in [3.63, 3.8) is 0 Å². The fourth-order valence-electron chi connectivity index (χ4n) is 2.58. The van der Waals surface area contributed by atoms with E-state index in [0.717, 1.165) is 11.5 Å². The molecule has 8 heteroatoms. The number of benzene rings is 2. The number of carbonyl (C=O) groups excluding carboxylic acids is 3. The highest BCUT2D eigenvalue weighted by Gasteiger charge is 2.21. The largest absolute Gasteiger partial charge is 0.462 e. The summed E-state index contributed by atoms with van der Waals surface area (Å²) in [6, 6.07) is 15.1. The minimum absolute atomic E-state index is 0.291. The number of anilines is 2. The summed E-state index contributed by atoms with van der Waals surface area (Å²) in [5.41, 5.74) is 2.20. The number of aryl methyl sites for hydroxylation is 1. The monoisotopic (exact) mass is 409 g/mol. The van der Waals surface area contributed by atoms with Crippen LogP contribution in [0.1, 0.15) is 43.7 Å². The number of hydrogen-bond acceptors (Lipinski definition) is 6. The second kappa shape index (κ2) is 9.11. The Morgan fingerprint density at radius 3 is 2.28 bits per heavy atom. The van der Waals surface area contributed by atoms with Gasteiger partial charge < -0.3 is 15.4 Å². The molecule has 0 saturated heterocycles. The highest BCUT2D eigenvalue weighted by molar-refractivity contribution is 7.11. The van der Waals surface area contributed by atoms with E-state index in [4.69, 9.17) is 4.74 Å². The molecule has 1 aromatic heterocycles. The maximum Gasteiger partial charge on any atom is 0.338 e. The van der Waals surface area contributed by atoms with Crippen LogP contribution < -0.4 is 10.6 Å². The first-order chi connectivity index (χ1) is 14.0. The maximum absolute atomic E-state index is 12.8. The van der Waals surface area contributed by atoms with Crippen LogP contribution in [-0.4, -0.2) is 28.8 Å². The zero-order valence-electron chi connectivity index (χ0n) is 15.9. The van der Waals surface area contributed by atoms with Crippen molar-refractivity contribution >= 4 is 40.0 Å². The molecule has 0 aliphatic heterocycles. The number of hydrogen-bond donors (Lipinski definition) is 2. The van der Waals surface area contributed by atoms with E-state index >= 15 is 0 Å². The average molecular weight is 409 g/mol. The molecule has 29 heavy (non-hydrogen) atoms. The van der Waals surface area contributed by atoms with E-state index in [1.54, 1.807) is 62.4 Å². The van der Waals surface area contributed by atoms with Gasteiger partial charge in [-0.2, -0.15) is 4.37 Å². The lowest BCUT2D eigenvalue weighted by atomic mass is 10.2. The van der Waals surface area contributed by atoms with Gasteiger partial charge in [0, 0.05) is 11.3 Å². The second-order valence-corrected chi connectivity index (χ2v) is 6.82. The van der Waals surface area contributed by atoms with Gasteiger partial charge in [0.05, 0.1) is 23.4 Å². The number of rotatable bonds is 6. The van der Waals surface area contributed by atoms with Gasteiger partial charge in [-0.1, -0.05) is 18.2 Å². The Bertz CT molecular complexity index is 1030. The van der Waals surface area contributed by atoms with Crippen molar-refractivity contribution in [3.05, 3.63) is 77.0 Å². The van der Waals surface area contributed by atoms with Crippen LogP contribution in [0.15, 0.2) is 54.6 Å². The third-order valence-corrected chi connectivity index (χ3v) is 4.86. The molecule has 3 aromatic rings. The fraction of sp³-hybridized carbons (Fsp3) is 0.143. The number of esters is 1. The number of carbonyl (C=O) groups is 3. The standard InChI is InChI=1S/C21H19N3O4S/c1-3-28-21(27)15-9-11-16(12-10-15)22-19(26)17-13(2)24-29-20(17)23-18(25)14-7-5-4-6-8-14/h4-12H,3H2,1-2H3,(H,22,26)(H,23,25). The molecule has 0 saturated carbocycles. The first-order valence-electron chi connectivity index (χ1n) is 8.90. The van der Waals surface area contributed by atoms with E-state index in [1.165, 1.54) is 0 Å². The minimum atomic E-state index is -0.422. The van der Waals surface area contributed by atoms with E-state index in [0.29, 0.717) is 39.7 Å². The Kier molecular flexibility index (Phi) is 6.36.